The molecule has 0 spiro atoms. The molecule has 2 aromatic heterocycles. The number of nitrogens with one attached hydrogen (secondary N) is 1. The molecule has 2 aromatic carbocycles. The van der Waals surface area contributed by atoms with Crippen molar-refractivity contribution in [3.05, 3.63) is 71.1 Å². The molecule has 0 bridgehead atoms. The van der Waals surface area contributed by atoms with Crippen LogP contribution in [0.2, 0.25) is 0 Å². The SMILES string of the molecule is O=C(Nc1ccccc1F)N1CCCN(c2nc3cc(Br)ccc3n3cccc23)CC1. The molecule has 158 valence electrons. The van der Waals surface area contributed by atoms with Crippen LogP contribution in [0.1, 0.15) is 6.42 Å². The first kappa shape index (κ1) is 19.8. The molecular weight excluding hydrogens is 461 g/mol. The van der Waals surface area contributed by atoms with Gasteiger partial charge in [0.05, 0.1) is 22.2 Å². The highest BCUT2D eigenvalue weighted by Gasteiger charge is 2.22. The van der Waals surface area contributed by atoms with Crippen molar-refractivity contribution in [3.63, 3.8) is 0 Å². The van der Waals surface area contributed by atoms with E-state index in [0.717, 1.165) is 39.8 Å². The summed E-state index contributed by atoms with van der Waals surface area (Å²) in [5.41, 5.74) is 3.20. The first-order valence-electron chi connectivity index (χ1n) is 10.2. The van der Waals surface area contributed by atoms with Gasteiger partial charge in [-0.15, -0.1) is 0 Å². The Kier molecular flexibility index (Phi) is 5.23. The van der Waals surface area contributed by atoms with Crippen molar-refractivity contribution in [2.24, 2.45) is 0 Å². The van der Waals surface area contributed by atoms with Gasteiger partial charge in [0.2, 0.25) is 0 Å². The number of amides is 2. The fourth-order valence-corrected chi connectivity index (χ4v) is 4.41. The van der Waals surface area contributed by atoms with Crippen molar-refractivity contribution in [3.8, 4) is 0 Å². The normalized spacial score (nSPS) is 14.8. The van der Waals surface area contributed by atoms with Crippen molar-refractivity contribution < 1.29 is 9.18 Å². The topological polar surface area (TPSA) is 52.9 Å². The Hall–Kier alpha value is -3.13. The number of urea groups is 1. The summed E-state index contributed by atoms with van der Waals surface area (Å²) in [6.45, 7) is 2.58. The number of hydrogen-bond donors (Lipinski definition) is 1. The van der Waals surface area contributed by atoms with E-state index in [1.54, 1.807) is 23.1 Å². The molecule has 1 saturated heterocycles. The number of para-hydroxylation sites is 1. The summed E-state index contributed by atoms with van der Waals surface area (Å²) in [5, 5.41) is 2.69. The number of anilines is 2. The Morgan fingerprint density at radius 1 is 1.00 bits per heavy atom. The van der Waals surface area contributed by atoms with Crippen LogP contribution in [0, 0.1) is 5.82 Å². The maximum atomic E-state index is 13.9. The zero-order valence-corrected chi connectivity index (χ0v) is 18.3. The van der Waals surface area contributed by atoms with Crippen LogP contribution in [0.5, 0.6) is 0 Å². The number of halogens is 2. The van der Waals surface area contributed by atoms with Crippen LogP contribution in [-0.4, -0.2) is 46.5 Å². The standard InChI is InChI=1S/C23H21BrFN5O/c24-16-8-9-20-19(15-16)26-22(21-7-3-12-30(20)21)28-10-4-11-29(14-13-28)23(31)27-18-6-2-1-5-17(18)25/h1-3,5-9,12,15H,4,10-11,13-14H2,(H,27,31). The molecule has 8 heteroatoms. The van der Waals surface area contributed by atoms with Crippen molar-refractivity contribution in [1.82, 2.24) is 14.3 Å². The van der Waals surface area contributed by atoms with Crippen molar-refractivity contribution in [1.29, 1.82) is 0 Å². The van der Waals surface area contributed by atoms with Crippen LogP contribution < -0.4 is 10.2 Å². The minimum atomic E-state index is -0.436. The number of fused-ring (bicyclic) bond motifs is 3. The summed E-state index contributed by atoms with van der Waals surface area (Å²) in [5.74, 6) is 0.474. The quantitative estimate of drug-likeness (QED) is 0.431. The molecule has 1 N–H and O–H groups in total. The molecular formula is C23H21BrFN5O. The molecule has 0 unspecified atom stereocenters. The lowest BCUT2D eigenvalue weighted by atomic mass is 10.3. The molecule has 0 aliphatic carbocycles. The van der Waals surface area contributed by atoms with Gasteiger partial charge in [0.15, 0.2) is 5.82 Å². The van der Waals surface area contributed by atoms with E-state index in [4.69, 9.17) is 4.98 Å². The summed E-state index contributed by atoms with van der Waals surface area (Å²) in [6, 6.07) is 16.1. The van der Waals surface area contributed by atoms with E-state index in [0.29, 0.717) is 19.6 Å². The van der Waals surface area contributed by atoms with Gasteiger partial charge >= 0.3 is 6.03 Å². The van der Waals surface area contributed by atoms with Crippen LogP contribution in [0.3, 0.4) is 0 Å². The number of aromatic nitrogens is 2. The first-order chi connectivity index (χ1) is 15.1. The van der Waals surface area contributed by atoms with E-state index in [1.165, 1.54) is 6.07 Å². The van der Waals surface area contributed by atoms with Gasteiger partial charge in [0.1, 0.15) is 5.82 Å². The summed E-state index contributed by atoms with van der Waals surface area (Å²) in [7, 11) is 0. The van der Waals surface area contributed by atoms with Crippen LogP contribution in [0.4, 0.5) is 20.7 Å². The van der Waals surface area contributed by atoms with Crippen LogP contribution in [0.15, 0.2) is 65.3 Å². The van der Waals surface area contributed by atoms with Gasteiger partial charge in [-0.25, -0.2) is 14.2 Å². The molecule has 3 heterocycles. The lowest BCUT2D eigenvalue weighted by Crippen LogP contribution is -2.38. The monoisotopic (exact) mass is 481 g/mol. The number of rotatable bonds is 2. The minimum absolute atomic E-state index is 0.199. The average Bonchev–Trinajstić information content (AvgIpc) is 3.12. The van der Waals surface area contributed by atoms with E-state index in [2.05, 4.69) is 42.7 Å². The van der Waals surface area contributed by atoms with Crippen LogP contribution in [0.25, 0.3) is 16.6 Å². The fourth-order valence-electron chi connectivity index (χ4n) is 4.06. The fraction of sp³-hybridized carbons (Fsp3) is 0.217. The lowest BCUT2D eigenvalue weighted by Gasteiger charge is -2.24. The van der Waals surface area contributed by atoms with Gasteiger partial charge in [-0.2, -0.15) is 0 Å². The predicted molar refractivity (Wildman–Crippen MR) is 124 cm³/mol. The number of benzene rings is 2. The molecule has 1 fully saturated rings. The maximum Gasteiger partial charge on any atom is 0.321 e. The third-order valence-electron chi connectivity index (χ3n) is 5.60. The van der Waals surface area contributed by atoms with E-state index < -0.39 is 5.82 Å². The van der Waals surface area contributed by atoms with Gasteiger partial charge in [0, 0.05) is 36.8 Å². The van der Waals surface area contributed by atoms with Gasteiger partial charge in [0.25, 0.3) is 0 Å². The summed E-state index contributed by atoms with van der Waals surface area (Å²) in [4.78, 5) is 21.6. The zero-order chi connectivity index (χ0) is 21.4. The third-order valence-corrected chi connectivity index (χ3v) is 6.09. The first-order valence-corrected chi connectivity index (χ1v) is 11.0. The smallest absolute Gasteiger partial charge is 0.321 e. The van der Waals surface area contributed by atoms with E-state index >= 15 is 0 Å². The minimum Gasteiger partial charge on any atom is -0.353 e. The second kappa shape index (κ2) is 8.19. The zero-order valence-electron chi connectivity index (χ0n) is 16.8. The van der Waals surface area contributed by atoms with E-state index in [-0.39, 0.29) is 11.7 Å². The van der Waals surface area contributed by atoms with Crippen molar-refractivity contribution in [2.75, 3.05) is 36.4 Å². The number of hydrogen-bond acceptors (Lipinski definition) is 3. The molecule has 1 aliphatic heterocycles. The third kappa shape index (κ3) is 3.83. The second-order valence-electron chi connectivity index (χ2n) is 7.57. The summed E-state index contributed by atoms with van der Waals surface area (Å²) in [6.07, 6.45) is 2.85. The predicted octanol–water partition coefficient (Wildman–Crippen LogP) is 5.13. The Bertz CT molecular complexity index is 1270. The Balaban J connectivity index is 1.39. The molecule has 0 saturated carbocycles. The second-order valence-corrected chi connectivity index (χ2v) is 8.49. The highest BCUT2D eigenvalue weighted by atomic mass is 79.9. The molecule has 0 atom stereocenters. The summed E-state index contributed by atoms with van der Waals surface area (Å²) < 4.78 is 17.0. The van der Waals surface area contributed by atoms with Gasteiger partial charge in [-0.1, -0.05) is 28.1 Å². The average molecular weight is 482 g/mol. The van der Waals surface area contributed by atoms with Crippen molar-refractivity contribution in [2.45, 2.75) is 6.42 Å². The molecule has 2 amide bonds. The molecule has 0 radical (unpaired) electrons. The maximum absolute atomic E-state index is 13.9. The molecule has 6 nitrogen and oxygen atoms in total. The lowest BCUT2D eigenvalue weighted by molar-refractivity contribution is 0.215. The Morgan fingerprint density at radius 3 is 2.74 bits per heavy atom. The number of nitrogens with zero attached hydrogens (tertiary/aromatic N) is 4. The van der Waals surface area contributed by atoms with Gasteiger partial charge in [-0.05, 0) is 48.9 Å². The Morgan fingerprint density at radius 2 is 1.87 bits per heavy atom. The molecule has 1 aliphatic rings. The molecule has 4 aromatic rings. The van der Waals surface area contributed by atoms with Crippen molar-refractivity contribution >= 4 is 50.0 Å². The van der Waals surface area contributed by atoms with E-state index in [9.17, 15) is 9.18 Å². The number of carbonyl (C=O) groups excluding carboxylic acids is 1. The van der Waals surface area contributed by atoms with E-state index in [1.807, 2.05) is 24.4 Å². The number of carbonyl (C=O) groups is 1. The summed E-state index contributed by atoms with van der Waals surface area (Å²) >= 11 is 3.54. The van der Waals surface area contributed by atoms with Crippen LogP contribution >= 0.6 is 15.9 Å². The highest BCUT2D eigenvalue weighted by molar-refractivity contribution is 9.10. The molecule has 5 rings (SSSR count). The molecule has 31 heavy (non-hydrogen) atoms. The largest absolute Gasteiger partial charge is 0.353 e. The van der Waals surface area contributed by atoms with Gasteiger partial charge in [-0.3, -0.25) is 0 Å². The highest BCUT2D eigenvalue weighted by Crippen LogP contribution is 2.28. The Labute approximate surface area is 187 Å². The van der Waals surface area contributed by atoms with Crippen LogP contribution in [-0.2, 0) is 0 Å². The van der Waals surface area contributed by atoms with Gasteiger partial charge < -0.3 is 19.5 Å².